The van der Waals surface area contributed by atoms with Gasteiger partial charge in [0.25, 0.3) is 0 Å². The van der Waals surface area contributed by atoms with Gasteiger partial charge in [0.05, 0.1) is 11.8 Å². The summed E-state index contributed by atoms with van der Waals surface area (Å²) in [5.74, 6) is -1.10. The molecule has 17 heavy (non-hydrogen) atoms. The maximum Gasteiger partial charge on any atom is 0.414 e. The van der Waals surface area contributed by atoms with Crippen LogP contribution in [0.15, 0.2) is 0 Å². The standard InChI is InChI=1S/C10H14N2O4S/c1-5(2)16-10(15)12(4)8-7(9(13)14)6(3)11-17-8/h5H,1-4H3,(H,13,14). The normalized spacial score (nSPS) is 10.4. The van der Waals surface area contributed by atoms with Crippen LogP contribution < -0.4 is 4.90 Å². The summed E-state index contributed by atoms with van der Waals surface area (Å²) in [5, 5.41) is 9.31. The molecule has 1 rings (SSSR count). The van der Waals surface area contributed by atoms with Crippen molar-refractivity contribution in [2.45, 2.75) is 26.9 Å². The number of carbonyl (C=O) groups is 2. The second-order valence-electron chi connectivity index (χ2n) is 3.74. The molecule has 1 aromatic heterocycles. The Bertz CT molecular complexity index is 442. The van der Waals surface area contributed by atoms with E-state index < -0.39 is 12.1 Å². The SMILES string of the molecule is Cc1nsc(N(C)C(=O)OC(C)C)c1C(=O)O. The maximum atomic E-state index is 11.6. The highest BCUT2D eigenvalue weighted by molar-refractivity contribution is 7.11. The first-order valence-electron chi connectivity index (χ1n) is 4.98. The summed E-state index contributed by atoms with van der Waals surface area (Å²) in [6.45, 7) is 5.04. The Labute approximate surface area is 103 Å². The summed E-state index contributed by atoms with van der Waals surface area (Å²) in [6.07, 6.45) is -0.849. The lowest BCUT2D eigenvalue weighted by Gasteiger charge is -2.17. The van der Waals surface area contributed by atoms with E-state index in [4.69, 9.17) is 9.84 Å². The molecule has 0 aliphatic heterocycles. The number of aromatic nitrogens is 1. The van der Waals surface area contributed by atoms with E-state index in [1.807, 2.05) is 0 Å². The fraction of sp³-hybridized carbons (Fsp3) is 0.500. The Morgan fingerprint density at radius 2 is 2.06 bits per heavy atom. The highest BCUT2D eigenvalue weighted by Gasteiger charge is 2.25. The topological polar surface area (TPSA) is 79.7 Å². The molecule has 0 spiro atoms. The van der Waals surface area contributed by atoms with Gasteiger partial charge in [-0.2, -0.15) is 4.37 Å². The number of nitrogens with zero attached hydrogens (tertiary/aromatic N) is 2. The van der Waals surface area contributed by atoms with E-state index in [1.54, 1.807) is 20.8 Å². The number of aromatic carboxylic acids is 1. The van der Waals surface area contributed by atoms with Crippen LogP contribution in [0.2, 0.25) is 0 Å². The van der Waals surface area contributed by atoms with Crippen molar-refractivity contribution in [1.82, 2.24) is 4.37 Å². The second-order valence-corrected chi connectivity index (χ2v) is 4.50. The van der Waals surface area contributed by atoms with Gasteiger partial charge >= 0.3 is 12.1 Å². The largest absolute Gasteiger partial charge is 0.478 e. The van der Waals surface area contributed by atoms with Gasteiger partial charge in [-0.3, -0.25) is 4.90 Å². The Morgan fingerprint density at radius 3 is 2.53 bits per heavy atom. The summed E-state index contributed by atoms with van der Waals surface area (Å²) in [5.41, 5.74) is 0.430. The minimum Gasteiger partial charge on any atom is -0.478 e. The molecular formula is C10H14N2O4S. The van der Waals surface area contributed by atoms with E-state index in [1.165, 1.54) is 7.05 Å². The van der Waals surface area contributed by atoms with E-state index in [0.717, 1.165) is 16.4 Å². The summed E-state index contributed by atoms with van der Waals surface area (Å²) < 4.78 is 8.92. The molecule has 6 nitrogen and oxygen atoms in total. The van der Waals surface area contributed by atoms with Crippen LogP contribution in [-0.2, 0) is 4.74 Å². The molecule has 0 unspecified atom stereocenters. The fourth-order valence-corrected chi connectivity index (χ4v) is 2.03. The number of carboxylic acids is 1. The van der Waals surface area contributed by atoms with Crippen LogP contribution in [0.5, 0.6) is 0 Å². The Kier molecular flexibility index (Phi) is 4.06. The van der Waals surface area contributed by atoms with Crippen molar-refractivity contribution in [3.63, 3.8) is 0 Å². The monoisotopic (exact) mass is 258 g/mol. The van der Waals surface area contributed by atoms with Gasteiger partial charge in [-0.1, -0.05) is 0 Å². The average Bonchev–Trinajstić information content (AvgIpc) is 2.57. The first-order chi connectivity index (χ1) is 7.84. The zero-order chi connectivity index (χ0) is 13.2. The molecule has 0 bridgehead atoms. The van der Waals surface area contributed by atoms with Gasteiger partial charge in [0.15, 0.2) is 0 Å². The van der Waals surface area contributed by atoms with Crippen molar-refractivity contribution >= 4 is 28.6 Å². The molecule has 0 saturated heterocycles. The molecule has 7 heteroatoms. The summed E-state index contributed by atoms with van der Waals surface area (Å²) in [4.78, 5) is 23.8. The highest BCUT2D eigenvalue weighted by atomic mass is 32.1. The smallest absolute Gasteiger partial charge is 0.414 e. The number of hydrogen-bond acceptors (Lipinski definition) is 5. The Balaban J connectivity index is 3.00. The summed E-state index contributed by atoms with van der Waals surface area (Å²) in [7, 11) is 1.46. The second kappa shape index (κ2) is 5.13. The van der Waals surface area contributed by atoms with Crippen molar-refractivity contribution in [3.8, 4) is 0 Å². The van der Waals surface area contributed by atoms with Crippen LogP contribution in [0.25, 0.3) is 0 Å². The first-order valence-corrected chi connectivity index (χ1v) is 5.75. The van der Waals surface area contributed by atoms with Crippen molar-refractivity contribution in [3.05, 3.63) is 11.3 Å². The lowest BCUT2D eigenvalue weighted by molar-refractivity contribution is 0.0697. The highest BCUT2D eigenvalue weighted by Crippen LogP contribution is 2.28. The molecule has 1 N–H and O–H groups in total. The summed E-state index contributed by atoms with van der Waals surface area (Å²) in [6, 6.07) is 0. The van der Waals surface area contributed by atoms with Gasteiger partial charge in [-0.25, -0.2) is 9.59 Å². The van der Waals surface area contributed by atoms with Gasteiger partial charge in [0.2, 0.25) is 0 Å². The number of amides is 1. The fourth-order valence-electron chi connectivity index (χ4n) is 1.20. The molecule has 0 aromatic carbocycles. The molecule has 1 aromatic rings. The van der Waals surface area contributed by atoms with Gasteiger partial charge in [-0.05, 0) is 32.3 Å². The zero-order valence-corrected chi connectivity index (χ0v) is 10.9. The number of rotatable bonds is 3. The molecule has 0 radical (unpaired) electrons. The molecule has 0 saturated carbocycles. The molecule has 94 valence electrons. The maximum absolute atomic E-state index is 11.6. The van der Waals surface area contributed by atoms with Crippen LogP contribution in [0, 0.1) is 6.92 Å². The third-order valence-electron chi connectivity index (χ3n) is 1.97. The lowest BCUT2D eigenvalue weighted by Crippen LogP contribution is -2.29. The van der Waals surface area contributed by atoms with E-state index in [9.17, 15) is 9.59 Å². The minimum absolute atomic E-state index is 0.0400. The predicted octanol–water partition coefficient (Wildman–Crippen LogP) is 2.13. The predicted molar refractivity (Wildman–Crippen MR) is 63.8 cm³/mol. The number of anilines is 1. The Hall–Kier alpha value is -1.63. The molecule has 1 amide bonds. The molecule has 1 heterocycles. The average molecular weight is 258 g/mol. The molecular weight excluding hydrogens is 244 g/mol. The molecule has 0 fully saturated rings. The van der Waals surface area contributed by atoms with Crippen LogP contribution in [0.3, 0.4) is 0 Å². The number of hydrogen-bond donors (Lipinski definition) is 1. The van der Waals surface area contributed by atoms with Crippen molar-refractivity contribution < 1.29 is 19.4 Å². The lowest BCUT2D eigenvalue weighted by atomic mass is 10.2. The van der Waals surface area contributed by atoms with E-state index in [0.29, 0.717) is 5.69 Å². The third-order valence-corrected chi connectivity index (χ3v) is 2.99. The van der Waals surface area contributed by atoms with E-state index >= 15 is 0 Å². The van der Waals surface area contributed by atoms with Gasteiger partial charge in [0, 0.05) is 7.05 Å². The summed E-state index contributed by atoms with van der Waals surface area (Å²) >= 11 is 0.962. The minimum atomic E-state index is -1.10. The zero-order valence-electron chi connectivity index (χ0n) is 10.1. The van der Waals surface area contributed by atoms with Crippen molar-refractivity contribution in [2.75, 3.05) is 11.9 Å². The molecule has 0 aliphatic rings. The van der Waals surface area contributed by atoms with Crippen LogP contribution in [0.4, 0.5) is 9.80 Å². The van der Waals surface area contributed by atoms with Gasteiger partial charge in [-0.15, -0.1) is 0 Å². The number of ether oxygens (including phenoxy) is 1. The number of carboxylic acid groups (broad SMARTS) is 1. The van der Waals surface area contributed by atoms with Crippen LogP contribution >= 0.6 is 11.5 Å². The third kappa shape index (κ3) is 2.94. The van der Waals surface area contributed by atoms with Crippen LogP contribution in [-0.4, -0.2) is 34.7 Å². The van der Waals surface area contributed by atoms with E-state index in [-0.39, 0.29) is 16.7 Å². The van der Waals surface area contributed by atoms with Gasteiger partial charge < -0.3 is 9.84 Å². The van der Waals surface area contributed by atoms with Gasteiger partial charge in [0.1, 0.15) is 10.6 Å². The van der Waals surface area contributed by atoms with Crippen molar-refractivity contribution in [2.24, 2.45) is 0 Å². The van der Waals surface area contributed by atoms with Crippen LogP contribution in [0.1, 0.15) is 29.9 Å². The molecule has 0 atom stereocenters. The number of aryl methyl sites for hydroxylation is 1. The quantitative estimate of drug-likeness (QED) is 0.898. The first kappa shape index (κ1) is 13.4. The molecule has 0 aliphatic carbocycles. The number of carbonyl (C=O) groups excluding carboxylic acids is 1. The Morgan fingerprint density at radius 1 is 1.47 bits per heavy atom. The van der Waals surface area contributed by atoms with E-state index in [2.05, 4.69) is 4.37 Å². The van der Waals surface area contributed by atoms with Crippen molar-refractivity contribution in [1.29, 1.82) is 0 Å².